The van der Waals surface area contributed by atoms with Gasteiger partial charge in [-0.1, -0.05) is 18.2 Å². The second-order valence-electron chi connectivity index (χ2n) is 5.92. The van der Waals surface area contributed by atoms with E-state index in [1.807, 2.05) is 25.1 Å². The van der Waals surface area contributed by atoms with Gasteiger partial charge in [-0.25, -0.2) is 0 Å². The van der Waals surface area contributed by atoms with E-state index in [0.717, 1.165) is 23.0 Å². The zero-order valence-electron chi connectivity index (χ0n) is 14.3. The van der Waals surface area contributed by atoms with Crippen LogP contribution in [-0.2, 0) is 6.54 Å². The molecule has 0 bridgehead atoms. The Morgan fingerprint density at radius 2 is 2.00 bits per heavy atom. The van der Waals surface area contributed by atoms with Gasteiger partial charge in [0.1, 0.15) is 11.5 Å². The minimum atomic E-state index is -0.0913. The minimum absolute atomic E-state index is 0.0913. The number of ether oxygens (including phenoxy) is 2. The van der Waals surface area contributed by atoms with Crippen LogP contribution < -0.4 is 9.47 Å². The van der Waals surface area contributed by atoms with Gasteiger partial charge < -0.3 is 14.0 Å². The fraction of sp³-hybridized carbons (Fsp3) is 0.190. The van der Waals surface area contributed by atoms with Crippen LogP contribution in [0.3, 0.4) is 0 Å². The lowest BCUT2D eigenvalue weighted by molar-refractivity contribution is 0.101. The average molecular weight is 333 g/mol. The number of carbonyl (C=O) groups excluding carboxylic acids is 1. The van der Waals surface area contributed by atoms with Crippen molar-refractivity contribution in [2.75, 3.05) is 6.61 Å². The Bertz CT molecular complexity index is 998. The van der Waals surface area contributed by atoms with Crippen LogP contribution in [0.5, 0.6) is 11.5 Å². The number of para-hydroxylation sites is 1. The highest BCUT2D eigenvalue weighted by molar-refractivity contribution is 6.15. The van der Waals surface area contributed by atoms with Crippen molar-refractivity contribution in [2.45, 2.75) is 20.4 Å². The van der Waals surface area contributed by atoms with Gasteiger partial charge in [0.15, 0.2) is 5.76 Å². The van der Waals surface area contributed by atoms with Crippen LogP contribution in [0.25, 0.3) is 17.0 Å². The van der Waals surface area contributed by atoms with E-state index < -0.39 is 0 Å². The topological polar surface area (TPSA) is 40.5 Å². The third kappa shape index (κ3) is 2.60. The number of nitrogens with zero attached hydrogens (tertiary/aromatic N) is 1. The number of carbonyl (C=O) groups is 1. The SMILES string of the molecule is CCOc1ccc2c(c1)O/C(=C\c1cn(CC)c3ccccc13)C2=O. The number of aromatic nitrogens is 1. The van der Waals surface area contributed by atoms with Gasteiger partial charge >= 0.3 is 0 Å². The maximum Gasteiger partial charge on any atom is 0.231 e. The van der Waals surface area contributed by atoms with Gasteiger partial charge in [-0.2, -0.15) is 0 Å². The van der Waals surface area contributed by atoms with E-state index in [1.54, 1.807) is 18.2 Å². The van der Waals surface area contributed by atoms with Crippen molar-refractivity contribution in [2.24, 2.45) is 0 Å². The first-order chi connectivity index (χ1) is 12.2. The molecule has 0 saturated heterocycles. The largest absolute Gasteiger partial charge is 0.494 e. The summed E-state index contributed by atoms with van der Waals surface area (Å²) in [6.07, 6.45) is 3.89. The maximum atomic E-state index is 12.6. The first-order valence-electron chi connectivity index (χ1n) is 8.50. The van der Waals surface area contributed by atoms with Crippen molar-refractivity contribution in [3.05, 3.63) is 65.5 Å². The standard InChI is InChI=1S/C21H19NO3/c1-3-22-13-14(16-7-5-6-8-18(16)22)11-20-21(23)17-10-9-15(24-4-2)12-19(17)25-20/h5-13H,3-4H2,1-2H3/b20-11-. The van der Waals surface area contributed by atoms with E-state index in [4.69, 9.17) is 9.47 Å². The Balaban J connectivity index is 1.75. The van der Waals surface area contributed by atoms with Crippen LogP contribution in [0.1, 0.15) is 29.8 Å². The molecule has 25 heavy (non-hydrogen) atoms. The van der Waals surface area contributed by atoms with Gasteiger partial charge in [0.05, 0.1) is 12.2 Å². The third-order valence-corrected chi connectivity index (χ3v) is 4.40. The predicted molar refractivity (Wildman–Crippen MR) is 98.2 cm³/mol. The molecule has 2 aromatic carbocycles. The molecule has 0 saturated carbocycles. The van der Waals surface area contributed by atoms with E-state index in [0.29, 0.717) is 29.4 Å². The van der Waals surface area contributed by atoms with Gasteiger partial charge in [-0.3, -0.25) is 4.79 Å². The lowest BCUT2D eigenvalue weighted by Gasteiger charge is -2.03. The lowest BCUT2D eigenvalue weighted by atomic mass is 10.1. The molecule has 0 spiro atoms. The molecule has 1 aliphatic rings. The van der Waals surface area contributed by atoms with Crippen molar-refractivity contribution in [3.63, 3.8) is 0 Å². The van der Waals surface area contributed by atoms with Crippen molar-refractivity contribution in [1.29, 1.82) is 0 Å². The molecule has 4 rings (SSSR count). The summed E-state index contributed by atoms with van der Waals surface area (Å²) in [5.74, 6) is 1.52. The Kier molecular flexibility index (Phi) is 3.80. The molecular formula is C21H19NO3. The molecule has 0 radical (unpaired) electrons. The fourth-order valence-corrected chi connectivity index (χ4v) is 3.22. The van der Waals surface area contributed by atoms with Crippen LogP contribution >= 0.6 is 0 Å². The lowest BCUT2D eigenvalue weighted by Crippen LogP contribution is -1.97. The first-order valence-corrected chi connectivity index (χ1v) is 8.50. The fourth-order valence-electron chi connectivity index (χ4n) is 3.22. The van der Waals surface area contributed by atoms with Crippen LogP contribution in [-0.4, -0.2) is 17.0 Å². The first kappa shape index (κ1) is 15.5. The second-order valence-corrected chi connectivity index (χ2v) is 5.92. The van der Waals surface area contributed by atoms with Crippen LogP contribution in [0.4, 0.5) is 0 Å². The highest BCUT2D eigenvalue weighted by atomic mass is 16.5. The van der Waals surface area contributed by atoms with E-state index in [9.17, 15) is 4.79 Å². The van der Waals surface area contributed by atoms with E-state index in [2.05, 4.69) is 29.8 Å². The summed E-state index contributed by atoms with van der Waals surface area (Å²) in [5, 5.41) is 1.11. The molecule has 1 aromatic heterocycles. The summed E-state index contributed by atoms with van der Waals surface area (Å²) in [5.41, 5.74) is 2.71. The molecule has 3 aromatic rings. The molecule has 0 aliphatic carbocycles. The monoisotopic (exact) mass is 333 g/mol. The Morgan fingerprint density at radius 3 is 2.80 bits per heavy atom. The average Bonchev–Trinajstić information content (AvgIpc) is 3.14. The predicted octanol–water partition coefficient (Wildman–Crippen LogP) is 4.68. The van der Waals surface area contributed by atoms with Crippen molar-refractivity contribution in [3.8, 4) is 11.5 Å². The van der Waals surface area contributed by atoms with Crippen LogP contribution in [0, 0.1) is 0 Å². The molecule has 1 aliphatic heterocycles. The number of ketones is 1. The number of rotatable bonds is 4. The highest BCUT2D eigenvalue weighted by Crippen LogP contribution is 2.35. The van der Waals surface area contributed by atoms with E-state index in [1.165, 1.54) is 0 Å². The van der Waals surface area contributed by atoms with E-state index >= 15 is 0 Å². The molecule has 0 fully saturated rings. The van der Waals surface area contributed by atoms with Crippen LogP contribution in [0.2, 0.25) is 0 Å². The Hall–Kier alpha value is -3.01. The molecule has 4 heteroatoms. The maximum absolute atomic E-state index is 12.6. The summed E-state index contributed by atoms with van der Waals surface area (Å²) in [4.78, 5) is 12.6. The number of aryl methyl sites for hydroxylation is 1. The third-order valence-electron chi connectivity index (χ3n) is 4.40. The van der Waals surface area contributed by atoms with Gasteiger partial charge in [-0.05, 0) is 38.1 Å². The summed E-state index contributed by atoms with van der Waals surface area (Å²) in [7, 11) is 0. The van der Waals surface area contributed by atoms with Crippen LogP contribution in [0.15, 0.2) is 54.4 Å². The number of allylic oxidation sites excluding steroid dienone is 1. The molecular weight excluding hydrogens is 314 g/mol. The normalized spacial score (nSPS) is 14.8. The van der Waals surface area contributed by atoms with Gasteiger partial charge in [0.2, 0.25) is 5.78 Å². The summed E-state index contributed by atoms with van der Waals surface area (Å²) < 4.78 is 13.5. The molecule has 0 unspecified atom stereocenters. The molecule has 0 amide bonds. The number of fused-ring (bicyclic) bond motifs is 2. The molecule has 0 N–H and O–H groups in total. The van der Waals surface area contributed by atoms with Crippen molar-refractivity contribution >= 4 is 22.8 Å². The van der Waals surface area contributed by atoms with Crippen molar-refractivity contribution in [1.82, 2.24) is 4.57 Å². The number of benzene rings is 2. The molecule has 4 nitrogen and oxygen atoms in total. The highest BCUT2D eigenvalue weighted by Gasteiger charge is 2.28. The van der Waals surface area contributed by atoms with Gasteiger partial charge in [0.25, 0.3) is 0 Å². The number of Topliss-reactive ketones (excluding diaryl/α,β-unsaturated/α-hetero) is 1. The van der Waals surface area contributed by atoms with E-state index in [-0.39, 0.29) is 5.78 Å². The summed E-state index contributed by atoms with van der Waals surface area (Å²) in [6, 6.07) is 13.5. The minimum Gasteiger partial charge on any atom is -0.494 e. The molecule has 126 valence electrons. The molecule has 2 heterocycles. The summed E-state index contributed by atoms with van der Waals surface area (Å²) >= 11 is 0. The Morgan fingerprint density at radius 1 is 1.16 bits per heavy atom. The van der Waals surface area contributed by atoms with Gasteiger partial charge in [-0.15, -0.1) is 0 Å². The number of hydrogen-bond donors (Lipinski definition) is 0. The zero-order chi connectivity index (χ0) is 17.4. The quantitative estimate of drug-likeness (QED) is 0.651. The number of hydrogen-bond acceptors (Lipinski definition) is 3. The second kappa shape index (κ2) is 6.13. The van der Waals surface area contributed by atoms with Gasteiger partial charge in [0, 0.05) is 35.3 Å². The molecule has 0 atom stereocenters. The Labute approximate surface area is 146 Å². The van der Waals surface area contributed by atoms with Crippen molar-refractivity contribution < 1.29 is 14.3 Å². The zero-order valence-corrected chi connectivity index (χ0v) is 14.3. The smallest absolute Gasteiger partial charge is 0.231 e. The summed E-state index contributed by atoms with van der Waals surface area (Å²) in [6.45, 7) is 5.47.